The van der Waals surface area contributed by atoms with Gasteiger partial charge in [-0.25, -0.2) is 8.78 Å². The third-order valence-corrected chi connectivity index (χ3v) is 3.62. The van der Waals surface area contributed by atoms with Crippen molar-refractivity contribution in [2.45, 2.75) is 13.8 Å². The van der Waals surface area contributed by atoms with Gasteiger partial charge in [0.1, 0.15) is 11.6 Å². The summed E-state index contributed by atoms with van der Waals surface area (Å²) in [5.74, 6) is -3.41. The minimum absolute atomic E-state index is 0.259. The molecular weight excluding hydrogens is 262 g/mol. The predicted molar refractivity (Wildman–Crippen MR) is 69.9 cm³/mol. The number of hydrogen-bond donors (Lipinski definition) is 0. The lowest BCUT2D eigenvalue weighted by atomic mass is 9.82. The Balaban J connectivity index is 2.46. The van der Waals surface area contributed by atoms with Crippen molar-refractivity contribution in [1.82, 2.24) is 0 Å². The molecule has 1 aliphatic carbocycles. The second kappa shape index (κ2) is 4.07. The summed E-state index contributed by atoms with van der Waals surface area (Å²) in [4.78, 5) is 24.1. The molecule has 0 aliphatic heterocycles. The van der Waals surface area contributed by atoms with E-state index in [-0.39, 0.29) is 33.4 Å². The third-order valence-electron chi connectivity index (χ3n) is 3.62. The van der Waals surface area contributed by atoms with Crippen LogP contribution in [0.4, 0.5) is 8.78 Å². The van der Waals surface area contributed by atoms with E-state index in [9.17, 15) is 18.4 Å². The number of benzene rings is 2. The molecule has 2 nitrogen and oxygen atoms in total. The Kier molecular flexibility index (Phi) is 2.57. The highest BCUT2D eigenvalue weighted by atomic mass is 19.1. The Hall–Kier alpha value is -2.36. The summed E-state index contributed by atoms with van der Waals surface area (Å²) in [6, 6.07) is 6.12. The van der Waals surface area contributed by atoms with Gasteiger partial charge in [-0.3, -0.25) is 9.59 Å². The monoisotopic (exact) mass is 272 g/mol. The van der Waals surface area contributed by atoms with Gasteiger partial charge in [0.05, 0.1) is 11.1 Å². The van der Waals surface area contributed by atoms with Crippen molar-refractivity contribution >= 4 is 11.6 Å². The van der Waals surface area contributed by atoms with Gasteiger partial charge in [-0.15, -0.1) is 0 Å². The van der Waals surface area contributed by atoms with Crippen LogP contribution in [0.5, 0.6) is 0 Å². The Morgan fingerprint density at radius 1 is 0.700 bits per heavy atom. The summed E-state index contributed by atoms with van der Waals surface area (Å²) in [5, 5.41) is 0. The predicted octanol–water partition coefficient (Wildman–Crippen LogP) is 3.63. The number of rotatable bonds is 0. The molecule has 20 heavy (non-hydrogen) atoms. The van der Waals surface area contributed by atoms with E-state index >= 15 is 0 Å². The molecule has 0 heterocycles. The second-order valence-electron chi connectivity index (χ2n) is 4.90. The van der Waals surface area contributed by atoms with Crippen LogP contribution in [0.15, 0.2) is 24.3 Å². The minimum Gasteiger partial charge on any atom is -0.285 e. The number of ketones is 2. The minimum atomic E-state index is -0.988. The van der Waals surface area contributed by atoms with E-state index in [0.29, 0.717) is 0 Å². The molecular formula is C16H10F2O2. The summed E-state index contributed by atoms with van der Waals surface area (Å²) >= 11 is 0. The zero-order chi connectivity index (χ0) is 14.6. The van der Waals surface area contributed by atoms with Crippen molar-refractivity contribution in [1.29, 1.82) is 0 Å². The molecule has 1 aliphatic rings. The molecule has 0 unspecified atom stereocenters. The largest absolute Gasteiger partial charge is 0.285 e. The van der Waals surface area contributed by atoms with Crippen LogP contribution in [-0.2, 0) is 0 Å². The normalized spacial score (nSPS) is 13.2. The third kappa shape index (κ3) is 1.48. The average molecular weight is 272 g/mol. The fourth-order valence-corrected chi connectivity index (χ4v) is 2.48. The van der Waals surface area contributed by atoms with Gasteiger partial charge < -0.3 is 0 Å². The first kappa shape index (κ1) is 12.7. The first-order valence-corrected chi connectivity index (χ1v) is 6.11. The molecule has 0 spiro atoms. The molecule has 0 bridgehead atoms. The van der Waals surface area contributed by atoms with E-state index in [1.807, 2.05) is 0 Å². The molecule has 4 heteroatoms. The number of Topliss-reactive ketones (excluding diaryl/α,β-unsaturated/α-hetero) is 2. The summed E-state index contributed by atoms with van der Waals surface area (Å²) < 4.78 is 28.2. The molecule has 2 aromatic rings. The van der Waals surface area contributed by atoms with Crippen LogP contribution in [0.1, 0.15) is 31.8 Å². The van der Waals surface area contributed by atoms with Gasteiger partial charge in [0.2, 0.25) is 11.6 Å². The van der Waals surface area contributed by atoms with E-state index < -0.39 is 23.2 Å². The molecule has 0 saturated carbocycles. The van der Waals surface area contributed by atoms with E-state index in [1.54, 1.807) is 12.1 Å². The number of aryl methyl sites for hydroxylation is 2. The lowest BCUT2D eigenvalue weighted by Gasteiger charge is -2.20. The highest BCUT2D eigenvalue weighted by Crippen LogP contribution is 2.37. The lowest BCUT2D eigenvalue weighted by Crippen LogP contribution is -2.24. The first-order valence-electron chi connectivity index (χ1n) is 6.11. The van der Waals surface area contributed by atoms with E-state index in [4.69, 9.17) is 0 Å². The van der Waals surface area contributed by atoms with Crippen molar-refractivity contribution in [2.75, 3.05) is 0 Å². The molecule has 0 N–H and O–H groups in total. The van der Waals surface area contributed by atoms with Gasteiger partial charge in [0, 0.05) is 0 Å². The van der Waals surface area contributed by atoms with Crippen molar-refractivity contribution < 1.29 is 18.4 Å². The maximum atomic E-state index is 14.1. The molecule has 0 radical (unpaired) electrons. The van der Waals surface area contributed by atoms with E-state index in [2.05, 4.69) is 0 Å². The highest BCUT2D eigenvalue weighted by molar-refractivity contribution is 6.53. The van der Waals surface area contributed by atoms with Crippen LogP contribution in [0.25, 0.3) is 11.1 Å². The second-order valence-corrected chi connectivity index (χ2v) is 4.90. The van der Waals surface area contributed by atoms with Crippen molar-refractivity contribution in [3.05, 3.63) is 58.2 Å². The molecule has 3 rings (SSSR count). The quantitative estimate of drug-likeness (QED) is 0.686. The Morgan fingerprint density at radius 2 is 1.05 bits per heavy atom. The first-order chi connectivity index (χ1) is 9.43. The number of fused-ring (bicyclic) bond motifs is 3. The Labute approximate surface area is 114 Å². The van der Waals surface area contributed by atoms with Gasteiger partial charge >= 0.3 is 0 Å². The zero-order valence-electron chi connectivity index (χ0n) is 10.9. The maximum Gasteiger partial charge on any atom is 0.237 e. The molecule has 2 aromatic carbocycles. The molecule has 0 fully saturated rings. The van der Waals surface area contributed by atoms with Crippen LogP contribution >= 0.6 is 0 Å². The van der Waals surface area contributed by atoms with Gasteiger partial charge in [-0.1, -0.05) is 24.3 Å². The van der Waals surface area contributed by atoms with Crippen LogP contribution in [0, 0.1) is 25.5 Å². The Bertz CT molecular complexity index is 724. The summed E-state index contributed by atoms with van der Waals surface area (Å²) in [6.45, 7) is 3.03. The smallest absolute Gasteiger partial charge is 0.237 e. The van der Waals surface area contributed by atoms with Crippen LogP contribution in [0.3, 0.4) is 0 Å². The van der Waals surface area contributed by atoms with Crippen LogP contribution in [0.2, 0.25) is 0 Å². The summed E-state index contributed by atoms with van der Waals surface area (Å²) in [7, 11) is 0. The number of carbonyl (C=O) groups excluding carboxylic acids is 2. The van der Waals surface area contributed by atoms with E-state index in [0.717, 1.165) is 0 Å². The molecule has 0 saturated heterocycles. The molecule has 100 valence electrons. The molecule has 0 atom stereocenters. The topological polar surface area (TPSA) is 34.1 Å². The molecule has 0 aromatic heterocycles. The number of carbonyl (C=O) groups is 2. The maximum absolute atomic E-state index is 14.1. The average Bonchev–Trinajstić information content (AvgIpc) is 2.42. The van der Waals surface area contributed by atoms with Crippen LogP contribution in [-0.4, -0.2) is 11.6 Å². The van der Waals surface area contributed by atoms with Gasteiger partial charge in [0.15, 0.2) is 0 Å². The van der Waals surface area contributed by atoms with Crippen LogP contribution < -0.4 is 0 Å². The fourth-order valence-electron chi connectivity index (χ4n) is 2.48. The standard InChI is InChI=1S/C16H10F2O2/c1-7-3-5-9-10-6-4-8(2)14(18)12(10)16(20)15(19)11(9)13(7)17/h3-6H,1-2H3. The van der Waals surface area contributed by atoms with Crippen molar-refractivity contribution in [3.8, 4) is 11.1 Å². The number of hydrogen-bond acceptors (Lipinski definition) is 2. The van der Waals surface area contributed by atoms with Crippen molar-refractivity contribution in [2.24, 2.45) is 0 Å². The molecule has 0 amide bonds. The van der Waals surface area contributed by atoms with Gasteiger partial charge in [0.25, 0.3) is 0 Å². The summed E-state index contributed by atoms with van der Waals surface area (Å²) in [6.07, 6.45) is 0. The highest BCUT2D eigenvalue weighted by Gasteiger charge is 2.35. The fraction of sp³-hybridized carbons (Fsp3) is 0.125. The number of halogens is 2. The van der Waals surface area contributed by atoms with E-state index in [1.165, 1.54) is 26.0 Å². The van der Waals surface area contributed by atoms with Gasteiger partial charge in [-0.2, -0.15) is 0 Å². The van der Waals surface area contributed by atoms with Gasteiger partial charge in [-0.05, 0) is 36.1 Å². The van der Waals surface area contributed by atoms with Crippen molar-refractivity contribution in [3.63, 3.8) is 0 Å². The zero-order valence-corrected chi connectivity index (χ0v) is 10.9. The SMILES string of the molecule is Cc1ccc2c(c1F)C(=O)C(=O)c1c-2ccc(C)c1F. The Morgan fingerprint density at radius 3 is 1.40 bits per heavy atom. The summed E-state index contributed by atoms with van der Waals surface area (Å²) in [5.41, 5.74) is 0.580. The lowest BCUT2D eigenvalue weighted by molar-refractivity contribution is 0.0810.